The predicted octanol–water partition coefficient (Wildman–Crippen LogP) is 4.40. The topological polar surface area (TPSA) is 34.4 Å². The van der Waals surface area contributed by atoms with E-state index in [1.165, 1.54) is 0 Å². The molecule has 0 aliphatic carbocycles. The maximum absolute atomic E-state index is 5.86. The van der Waals surface area contributed by atoms with Gasteiger partial charge in [0.25, 0.3) is 0 Å². The molecule has 1 unspecified atom stereocenters. The van der Waals surface area contributed by atoms with Crippen molar-refractivity contribution in [3.05, 3.63) is 51.3 Å². The van der Waals surface area contributed by atoms with Crippen LogP contribution in [-0.4, -0.2) is 13.7 Å². The minimum absolute atomic E-state index is 0.0926. The first-order valence-corrected chi connectivity index (χ1v) is 7.14. The number of hydrogen-bond donors (Lipinski definition) is 1. The number of halogens is 2. The molecule has 3 nitrogen and oxygen atoms in total. The van der Waals surface area contributed by atoms with Crippen LogP contribution < -0.4 is 10.1 Å². The summed E-state index contributed by atoms with van der Waals surface area (Å²) in [6.45, 7) is 2.85. The Bertz CT molecular complexity index is 556. The summed E-state index contributed by atoms with van der Waals surface area (Å²) >= 11 is 9.34. The van der Waals surface area contributed by atoms with Crippen molar-refractivity contribution >= 4 is 27.5 Å². The van der Waals surface area contributed by atoms with E-state index in [1.807, 2.05) is 31.2 Å². The van der Waals surface area contributed by atoms with Crippen LogP contribution in [-0.2, 0) is 0 Å². The number of furan rings is 1. The van der Waals surface area contributed by atoms with E-state index >= 15 is 0 Å². The first kappa shape index (κ1) is 14.4. The Labute approximate surface area is 126 Å². The average Bonchev–Trinajstić information content (AvgIpc) is 2.82. The zero-order chi connectivity index (χ0) is 13.8. The average molecular weight is 345 g/mol. The van der Waals surface area contributed by atoms with E-state index in [9.17, 15) is 0 Å². The molecule has 0 saturated carbocycles. The van der Waals surface area contributed by atoms with Crippen LogP contribution >= 0.6 is 27.5 Å². The normalized spacial score (nSPS) is 12.4. The highest BCUT2D eigenvalue weighted by molar-refractivity contribution is 9.10. The van der Waals surface area contributed by atoms with Crippen LogP contribution in [0.3, 0.4) is 0 Å². The molecule has 0 radical (unpaired) electrons. The van der Waals surface area contributed by atoms with Gasteiger partial charge in [-0.15, -0.1) is 0 Å². The molecule has 1 aromatic carbocycles. The number of hydrogen-bond acceptors (Lipinski definition) is 3. The Balaban J connectivity index is 2.46. The second kappa shape index (κ2) is 6.46. The molecule has 0 aliphatic heterocycles. The van der Waals surface area contributed by atoms with Gasteiger partial charge in [-0.2, -0.15) is 0 Å². The van der Waals surface area contributed by atoms with Crippen molar-refractivity contribution in [3.63, 3.8) is 0 Å². The lowest BCUT2D eigenvalue weighted by Gasteiger charge is -2.19. The number of ether oxygens (including phenoxy) is 1. The van der Waals surface area contributed by atoms with Gasteiger partial charge in [0, 0.05) is 10.0 Å². The third-order valence-electron chi connectivity index (χ3n) is 2.79. The summed E-state index contributed by atoms with van der Waals surface area (Å²) in [7, 11) is 1.66. The van der Waals surface area contributed by atoms with Gasteiger partial charge in [-0.1, -0.05) is 22.9 Å². The monoisotopic (exact) mass is 343 g/mol. The van der Waals surface area contributed by atoms with Gasteiger partial charge in [0.15, 0.2) is 5.22 Å². The molecule has 1 N–H and O–H groups in total. The van der Waals surface area contributed by atoms with Crippen molar-refractivity contribution in [2.24, 2.45) is 0 Å². The van der Waals surface area contributed by atoms with Crippen molar-refractivity contribution in [1.82, 2.24) is 5.32 Å². The Morgan fingerprint density at radius 3 is 2.74 bits per heavy atom. The molecule has 1 atom stereocenters. The molecule has 0 bridgehead atoms. The van der Waals surface area contributed by atoms with Crippen LogP contribution in [0.5, 0.6) is 5.75 Å². The van der Waals surface area contributed by atoms with Crippen molar-refractivity contribution in [1.29, 1.82) is 0 Å². The molecular weight excluding hydrogens is 330 g/mol. The minimum Gasteiger partial charge on any atom is -0.496 e. The van der Waals surface area contributed by atoms with Crippen LogP contribution in [0.15, 0.2) is 39.2 Å². The van der Waals surface area contributed by atoms with Gasteiger partial charge in [-0.25, -0.2) is 0 Å². The van der Waals surface area contributed by atoms with E-state index in [2.05, 4.69) is 21.2 Å². The highest BCUT2D eigenvalue weighted by atomic mass is 79.9. The van der Waals surface area contributed by atoms with E-state index in [4.69, 9.17) is 20.8 Å². The Hall–Kier alpha value is -0.970. The third kappa shape index (κ3) is 3.32. The van der Waals surface area contributed by atoms with Gasteiger partial charge >= 0.3 is 0 Å². The van der Waals surface area contributed by atoms with Crippen molar-refractivity contribution in [3.8, 4) is 5.75 Å². The quantitative estimate of drug-likeness (QED) is 0.873. The number of nitrogens with one attached hydrogen (secondary N) is 1. The maximum Gasteiger partial charge on any atom is 0.193 e. The highest BCUT2D eigenvalue weighted by Crippen LogP contribution is 2.33. The molecule has 102 valence electrons. The number of methoxy groups -OCH3 is 1. The maximum atomic E-state index is 5.86. The molecule has 1 aromatic heterocycles. The lowest BCUT2D eigenvalue weighted by molar-refractivity contribution is 0.394. The highest BCUT2D eigenvalue weighted by Gasteiger charge is 2.21. The molecule has 19 heavy (non-hydrogen) atoms. The summed E-state index contributed by atoms with van der Waals surface area (Å²) in [4.78, 5) is 0. The van der Waals surface area contributed by atoms with E-state index in [0.717, 1.165) is 28.1 Å². The minimum atomic E-state index is -0.0926. The fraction of sp³-hybridized carbons (Fsp3) is 0.286. The van der Waals surface area contributed by atoms with E-state index in [0.29, 0.717) is 5.22 Å². The smallest absolute Gasteiger partial charge is 0.193 e. The van der Waals surface area contributed by atoms with Gasteiger partial charge in [-0.3, -0.25) is 0 Å². The van der Waals surface area contributed by atoms with Crippen molar-refractivity contribution in [2.45, 2.75) is 13.0 Å². The molecule has 0 fully saturated rings. The predicted molar refractivity (Wildman–Crippen MR) is 79.9 cm³/mol. The molecule has 0 saturated heterocycles. The van der Waals surface area contributed by atoms with Gasteiger partial charge in [0.05, 0.1) is 13.2 Å². The van der Waals surface area contributed by atoms with Crippen LogP contribution in [0.1, 0.15) is 24.3 Å². The Morgan fingerprint density at radius 2 is 2.16 bits per heavy atom. The van der Waals surface area contributed by atoms with Gasteiger partial charge in [0.2, 0.25) is 0 Å². The van der Waals surface area contributed by atoms with Gasteiger partial charge in [0.1, 0.15) is 11.5 Å². The van der Waals surface area contributed by atoms with E-state index in [-0.39, 0.29) is 6.04 Å². The van der Waals surface area contributed by atoms with E-state index in [1.54, 1.807) is 13.2 Å². The summed E-state index contributed by atoms with van der Waals surface area (Å²) < 4.78 is 11.9. The zero-order valence-corrected chi connectivity index (χ0v) is 13.1. The molecule has 0 aliphatic rings. The largest absolute Gasteiger partial charge is 0.496 e. The second-order valence-corrected chi connectivity index (χ2v) is 5.31. The fourth-order valence-electron chi connectivity index (χ4n) is 1.98. The van der Waals surface area contributed by atoms with Crippen molar-refractivity contribution < 1.29 is 9.15 Å². The molecule has 5 heteroatoms. The first-order valence-electron chi connectivity index (χ1n) is 5.97. The van der Waals surface area contributed by atoms with Crippen LogP contribution in [0.4, 0.5) is 0 Å². The van der Waals surface area contributed by atoms with E-state index < -0.39 is 0 Å². The second-order valence-electron chi connectivity index (χ2n) is 4.02. The number of rotatable bonds is 5. The summed E-state index contributed by atoms with van der Waals surface area (Å²) in [5.74, 6) is 1.57. The summed E-state index contributed by atoms with van der Waals surface area (Å²) in [5.41, 5.74) is 1.00. The van der Waals surface area contributed by atoms with Crippen molar-refractivity contribution in [2.75, 3.05) is 13.7 Å². The SMILES string of the molecule is CCNC(c1ccc(Cl)o1)c1cc(Br)ccc1OC. The Kier molecular flexibility index (Phi) is 4.91. The molecule has 2 aromatic rings. The van der Waals surface area contributed by atoms with Crippen LogP contribution in [0, 0.1) is 0 Å². The van der Waals surface area contributed by atoms with Gasteiger partial charge in [-0.05, 0) is 48.5 Å². The molecule has 0 amide bonds. The summed E-state index contributed by atoms with van der Waals surface area (Å²) in [5, 5.41) is 3.76. The molecule has 2 rings (SSSR count). The Morgan fingerprint density at radius 1 is 1.37 bits per heavy atom. The fourth-order valence-corrected chi connectivity index (χ4v) is 2.51. The molecule has 1 heterocycles. The zero-order valence-electron chi connectivity index (χ0n) is 10.7. The van der Waals surface area contributed by atoms with Crippen LogP contribution in [0.25, 0.3) is 0 Å². The first-order chi connectivity index (χ1) is 9.15. The lowest BCUT2D eigenvalue weighted by Crippen LogP contribution is -2.22. The molecular formula is C14H15BrClNO2. The summed E-state index contributed by atoms with van der Waals surface area (Å²) in [6, 6.07) is 9.41. The van der Waals surface area contributed by atoms with Gasteiger partial charge < -0.3 is 14.5 Å². The third-order valence-corrected chi connectivity index (χ3v) is 3.49. The summed E-state index contributed by atoms with van der Waals surface area (Å²) in [6.07, 6.45) is 0. The van der Waals surface area contributed by atoms with Crippen LogP contribution in [0.2, 0.25) is 5.22 Å². The number of benzene rings is 1. The standard InChI is InChI=1S/C14H15BrClNO2/c1-3-17-14(12-6-7-13(16)19-12)10-8-9(15)4-5-11(10)18-2/h4-8,14,17H,3H2,1-2H3. The lowest BCUT2D eigenvalue weighted by atomic mass is 10.0. The molecule has 0 spiro atoms.